The van der Waals surface area contributed by atoms with Gasteiger partial charge in [0.15, 0.2) is 0 Å². The van der Waals surface area contributed by atoms with Gasteiger partial charge in [-0.1, -0.05) is 6.07 Å². The van der Waals surface area contributed by atoms with E-state index in [2.05, 4.69) is 10.3 Å². The van der Waals surface area contributed by atoms with Crippen molar-refractivity contribution in [3.63, 3.8) is 0 Å². The minimum Gasteiger partial charge on any atom is -0.322 e. The number of hydrogen-bond acceptors (Lipinski definition) is 5. The maximum atomic E-state index is 13.7. The van der Waals surface area contributed by atoms with Crippen LogP contribution in [-0.4, -0.2) is 15.5 Å². The number of carbonyl (C=O) groups is 1. The van der Waals surface area contributed by atoms with E-state index in [1.165, 1.54) is 29.0 Å². The first-order chi connectivity index (χ1) is 13.0. The molecule has 0 aliphatic rings. The quantitative estimate of drug-likeness (QED) is 0.558. The molecular formula is C18H11F2N3O2S2. The number of nitrogens with zero attached hydrogens (tertiary/aromatic N) is 2. The molecule has 5 nitrogen and oxygen atoms in total. The van der Waals surface area contributed by atoms with Crippen LogP contribution in [0, 0.1) is 11.6 Å². The van der Waals surface area contributed by atoms with Gasteiger partial charge in [0.1, 0.15) is 23.0 Å². The summed E-state index contributed by atoms with van der Waals surface area (Å²) < 4.78 is 28.0. The number of halogens is 2. The van der Waals surface area contributed by atoms with E-state index >= 15 is 0 Å². The number of anilines is 1. The number of amides is 1. The van der Waals surface area contributed by atoms with Gasteiger partial charge in [-0.15, -0.1) is 22.7 Å². The Morgan fingerprint density at radius 3 is 2.85 bits per heavy atom. The molecule has 0 fully saturated rings. The molecule has 0 radical (unpaired) electrons. The summed E-state index contributed by atoms with van der Waals surface area (Å²) >= 11 is 2.85. The summed E-state index contributed by atoms with van der Waals surface area (Å²) in [4.78, 5) is 30.8. The zero-order valence-corrected chi connectivity index (χ0v) is 15.2. The van der Waals surface area contributed by atoms with Crippen molar-refractivity contribution < 1.29 is 13.6 Å². The van der Waals surface area contributed by atoms with Gasteiger partial charge in [0, 0.05) is 21.9 Å². The number of benzene rings is 1. The Hall–Kier alpha value is -2.91. The monoisotopic (exact) mass is 403 g/mol. The third-order valence-corrected chi connectivity index (χ3v) is 5.65. The molecule has 4 rings (SSSR count). The Morgan fingerprint density at radius 2 is 2.07 bits per heavy atom. The second kappa shape index (κ2) is 7.01. The fraction of sp³-hybridized carbons (Fsp3) is 0.0556. The van der Waals surface area contributed by atoms with Gasteiger partial charge >= 0.3 is 0 Å². The molecule has 9 heteroatoms. The van der Waals surface area contributed by atoms with Crippen molar-refractivity contribution in [1.29, 1.82) is 0 Å². The second-order valence-corrected chi connectivity index (χ2v) is 7.46. The predicted octanol–water partition coefficient (Wildman–Crippen LogP) is 4.10. The normalized spacial score (nSPS) is 11.0. The zero-order chi connectivity index (χ0) is 19.0. The standard InChI is InChI=1S/C18H11F2N3O2S2/c19-10-3-4-12(20)13(6-10)22-15(24)7-23-9-21-17-16(18(23)25)11(8-27-17)14-2-1-5-26-14/h1-6,8-9H,7H2,(H,22,24). The fourth-order valence-electron chi connectivity index (χ4n) is 2.63. The number of fused-ring (bicyclic) bond motifs is 1. The van der Waals surface area contributed by atoms with Gasteiger partial charge in [-0.05, 0) is 23.6 Å². The van der Waals surface area contributed by atoms with Crippen molar-refractivity contribution in [2.45, 2.75) is 6.54 Å². The lowest BCUT2D eigenvalue weighted by Crippen LogP contribution is -2.28. The number of carbonyl (C=O) groups excluding carboxylic acids is 1. The van der Waals surface area contributed by atoms with Gasteiger partial charge in [0.05, 0.1) is 17.4 Å². The van der Waals surface area contributed by atoms with E-state index in [9.17, 15) is 18.4 Å². The van der Waals surface area contributed by atoms with Crippen molar-refractivity contribution in [3.8, 4) is 10.4 Å². The largest absolute Gasteiger partial charge is 0.322 e. The number of hydrogen-bond donors (Lipinski definition) is 1. The molecule has 0 aliphatic heterocycles. The summed E-state index contributed by atoms with van der Waals surface area (Å²) in [5.41, 5.74) is 0.129. The summed E-state index contributed by atoms with van der Waals surface area (Å²) in [6.07, 6.45) is 1.28. The predicted molar refractivity (Wildman–Crippen MR) is 102 cm³/mol. The minimum absolute atomic E-state index is 0.281. The van der Waals surface area contributed by atoms with Gasteiger partial charge in [0.2, 0.25) is 5.91 Å². The molecule has 3 heterocycles. The van der Waals surface area contributed by atoms with Gasteiger partial charge in [0.25, 0.3) is 5.56 Å². The zero-order valence-electron chi connectivity index (χ0n) is 13.6. The molecule has 0 spiro atoms. The molecule has 4 aromatic rings. The molecule has 27 heavy (non-hydrogen) atoms. The Morgan fingerprint density at radius 1 is 1.22 bits per heavy atom. The molecule has 0 unspecified atom stereocenters. The average Bonchev–Trinajstić information content (AvgIpc) is 3.30. The van der Waals surface area contributed by atoms with E-state index in [4.69, 9.17) is 0 Å². The highest BCUT2D eigenvalue weighted by atomic mass is 32.1. The third-order valence-electron chi connectivity index (χ3n) is 3.86. The van der Waals surface area contributed by atoms with Crippen LogP contribution in [0.3, 0.4) is 0 Å². The van der Waals surface area contributed by atoms with Crippen LogP contribution in [0.1, 0.15) is 0 Å². The molecule has 1 aromatic carbocycles. The first-order valence-electron chi connectivity index (χ1n) is 7.78. The van der Waals surface area contributed by atoms with Crippen LogP contribution in [-0.2, 0) is 11.3 Å². The fourth-order valence-corrected chi connectivity index (χ4v) is 4.35. The van der Waals surface area contributed by atoms with Crippen LogP contribution in [0.2, 0.25) is 0 Å². The second-order valence-electron chi connectivity index (χ2n) is 5.66. The van der Waals surface area contributed by atoms with Crippen LogP contribution in [0.4, 0.5) is 14.5 Å². The lowest BCUT2D eigenvalue weighted by molar-refractivity contribution is -0.116. The molecule has 0 bridgehead atoms. The van der Waals surface area contributed by atoms with E-state index in [0.29, 0.717) is 10.2 Å². The first kappa shape index (κ1) is 17.5. The van der Waals surface area contributed by atoms with Crippen LogP contribution < -0.4 is 10.9 Å². The third kappa shape index (κ3) is 3.38. The highest BCUT2D eigenvalue weighted by Crippen LogP contribution is 2.33. The Kier molecular flexibility index (Phi) is 4.54. The smallest absolute Gasteiger partial charge is 0.263 e. The van der Waals surface area contributed by atoms with Gasteiger partial charge < -0.3 is 5.32 Å². The van der Waals surface area contributed by atoms with Gasteiger partial charge in [-0.3, -0.25) is 14.2 Å². The van der Waals surface area contributed by atoms with E-state index in [1.807, 2.05) is 22.9 Å². The lowest BCUT2D eigenvalue weighted by Gasteiger charge is -2.08. The molecule has 0 saturated heterocycles. The van der Waals surface area contributed by atoms with Crippen LogP contribution in [0.15, 0.2) is 52.2 Å². The van der Waals surface area contributed by atoms with E-state index < -0.39 is 17.5 Å². The van der Waals surface area contributed by atoms with Crippen LogP contribution in [0.5, 0.6) is 0 Å². The first-order valence-corrected chi connectivity index (χ1v) is 9.54. The summed E-state index contributed by atoms with van der Waals surface area (Å²) in [5, 5.41) is 6.48. The topological polar surface area (TPSA) is 64.0 Å². The number of rotatable bonds is 4. The average molecular weight is 403 g/mol. The molecule has 3 aromatic heterocycles. The molecule has 1 N–H and O–H groups in total. The summed E-state index contributed by atoms with van der Waals surface area (Å²) in [6.45, 7) is -0.364. The summed E-state index contributed by atoms with van der Waals surface area (Å²) in [6, 6.07) is 6.55. The SMILES string of the molecule is O=C(Cn1cnc2scc(-c3cccs3)c2c1=O)Nc1cc(F)ccc1F. The van der Waals surface area contributed by atoms with Crippen molar-refractivity contribution in [2.75, 3.05) is 5.32 Å². The van der Waals surface area contributed by atoms with Crippen molar-refractivity contribution in [3.05, 3.63) is 69.4 Å². The Balaban J connectivity index is 1.65. The molecule has 0 aliphatic carbocycles. The van der Waals surface area contributed by atoms with E-state index in [0.717, 1.165) is 33.2 Å². The number of nitrogens with one attached hydrogen (secondary N) is 1. The van der Waals surface area contributed by atoms with Gasteiger partial charge in [-0.25, -0.2) is 13.8 Å². The maximum Gasteiger partial charge on any atom is 0.263 e. The molecule has 136 valence electrons. The van der Waals surface area contributed by atoms with Crippen LogP contribution in [0.25, 0.3) is 20.7 Å². The molecule has 0 saturated carbocycles. The molecular weight excluding hydrogens is 392 g/mol. The van der Waals surface area contributed by atoms with E-state index in [1.54, 1.807) is 0 Å². The number of aromatic nitrogens is 2. The van der Waals surface area contributed by atoms with Crippen molar-refractivity contribution in [2.24, 2.45) is 0 Å². The van der Waals surface area contributed by atoms with Crippen molar-refractivity contribution >= 4 is 44.5 Å². The van der Waals surface area contributed by atoms with Crippen LogP contribution >= 0.6 is 22.7 Å². The lowest BCUT2D eigenvalue weighted by atomic mass is 10.2. The highest BCUT2D eigenvalue weighted by molar-refractivity contribution is 7.18. The summed E-state index contributed by atoms with van der Waals surface area (Å²) in [5.74, 6) is -2.09. The summed E-state index contributed by atoms with van der Waals surface area (Å²) in [7, 11) is 0. The van der Waals surface area contributed by atoms with Gasteiger partial charge in [-0.2, -0.15) is 0 Å². The number of thiophene rings is 2. The minimum atomic E-state index is -0.761. The Labute approximate surface area is 159 Å². The molecule has 1 amide bonds. The van der Waals surface area contributed by atoms with E-state index in [-0.39, 0.29) is 17.8 Å². The molecule has 0 atom stereocenters. The Bertz CT molecular complexity index is 1200. The van der Waals surface area contributed by atoms with Crippen molar-refractivity contribution in [1.82, 2.24) is 9.55 Å². The highest BCUT2D eigenvalue weighted by Gasteiger charge is 2.16. The maximum absolute atomic E-state index is 13.7.